The molecular weight excluding hydrogens is 310 g/mol. The summed E-state index contributed by atoms with van der Waals surface area (Å²) >= 11 is 0. The van der Waals surface area contributed by atoms with Gasteiger partial charge in [-0.05, 0) is 24.0 Å². The highest BCUT2D eigenvalue weighted by molar-refractivity contribution is 5.84. The fraction of sp³-hybridized carbons (Fsp3) is 0.409. The van der Waals surface area contributed by atoms with Crippen LogP contribution in [0.15, 0.2) is 60.7 Å². The Morgan fingerprint density at radius 2 is 1.68 bits per heavy atom. The molecule has 0 radical (unpaired) electrons. The third kappa shape index (κ3) is 3.26. The molecule has 2 heterocycles. The van der Waals surface area contributed by atoms with Crippen LogP contribution in [0.2, 0.25) is 0 Å². The maximum absolute atomic E-state index is 12.8. The summed E-state index contributed by atoms with van der Waals surface area (Å²) in [5, 5.41) is 11.0. The molecule has 2 aliphatic heterocycles. The van der Waals surface area contributed by atoms with Gasteiger partial charge in [0.15, 0.2) is 0 Å². The van der Waals surface area contributed by atoms with E-state index in [4.69, 9.17) is 0 Å². The van der Waals surface area contributed by atoms with Crippen molar-refractivity contribution in [2.24, 2.45) is 5.92 Å². The van der Waals surface area contributed by atoms with Crippen molar-refractivity contribution in [3.8, 4) is 0 Å². The number of carbonyl (C=O) groups excluding carboxylic acids is 1. The van der Waals surface area contributed by atoms with Crippen LogP contribution in [0.3, 0.4) is 0 Å². The standard InChI is InChI=1S/C22H25NO2/c24-20-14-18-12-7-13-19(23(18)15-16-8-3-1-4-9-16)21(20)22(25)17-10-5-2-6-11-17/h1-6,8-11,18-19,21-22,25H,7,12-15H2/t18-,19+,21+,22-/m0/s1. The van der Waals surface area contributed by atoms with Crippen LogP contribution in [0.1, 0.15) is 42.9 Å². The van der Waals surface area contributed by atoms with E-state index in [1.807, 2.05) is 36.4 Å². The number of hydrogen-bond acceptors (Lipinski definition) is 3. The van der Waals surface area contributed by atoms with Crippen LogP contribution in [0.25, 0.3) is 0 Å². The van der Waals surface area contributed by atoms with Crippen molar-refractivity contribution in [2.45, 2.75) is 50.4 Å². The van der Waals surface area contributed by atoms with Gasteiger partial charge in [0.2, 0.25) is 0 Å². The topological polar surface area (TPSA) is 40.5 Å². The lowest BCUT2D eigenvalue weighted by Crippen LogP contribution is -2.58. The first-order chi connectivity index (χ1) is 12.2. The largest absolute Gasteiger partial charge is 0.388 e. The van der Waals surface area contributed by atoms with Gasteiger partial charge in [0.25, 0.3) is 0 Å². The monoisotopic (exact) mass is 335 g/mol. The molecule has 0 aromatic heterocycles. The third-order valence-corrected chi connectivity index (χ3v) is 5.84. The third-order valence-electron chi connectivity index (χ3n) is 5.84. The quantitative estimate of drug-likeness (QED) is 0.925. The van der Waals surface area contributed by atoms with Gasteiger partial charge < -0.3 is 5.11 Å². The van der Waals surface area contributed by atoms with Gasteiger partial charge in [-0.2, -0.15) is 0 Å². The number of Topliss-reactive ketones (excluding diaryl/α,β-unsaturated/α-hetero) is 1. The van der Waals surface area contributed by atoms with Gasteiger partial charge in [-0.25, -0.2) is 0 Å². The number of carbonyl (C=O) groups is 1. The van der Waals surface area contributed by atoms with Crippen molar-refractivity contribution in [1.29, 1.82) is 0 Å². The van der Waals surface area contributed by atoms with Gasteiger partial charge in [0.05, 0.1) is 12.0 Å². The molecule has 4 atom stereocenters. The van der Waals surface area contributed by atoms with Gasteiger partial charge in [-0.1, -0.05) is 67.1 Å². The normalized spacial score (nSPS) is 27.9. The minimum Gasteiger partial charge on any atom is -0.388 e. The number of nitrogens with zero attached hydrogens (tertiary/aromatic N) is 1. The Labute approximate surface area is 149 Å². The molecule has 0 aliphatic carbocycles. The maximum Gasteiger partial charge on any atom is 0.142 e. The van der Waals surface area contributed by atoms with Crippen molar-refractivity contribution in [3.05, 3.63) is 71.8 Å². The molecule has 2 saturated heterocycles. The van der Waals surface area contributed by atoms with E-state index in [0.717, 1.165) is 31.4 Å². The van der Waals surface area contributed by atoms with Crippen LogP contribution in [0.5, 0.6) is 0 Å². The second-order valence-electron chi connectivity index (χ2n) is 7.36. The van der Waals surface area contributed by atoms with Crippen LogP contribution in [-0.4, -0.2) is 27.9 Å². The molecule has 0 amide bonds. The molecule has 130 valence electrons. The maximum atomic E-state index is 12.8. The molecular formula is C22H25NO2. The smallest absolute Gasteiger partial charge is 0.142 e. The van der Waals surface area contributed by atoms with E-state index in [2.05, 4.69) is 29.2 Å². The minimum atomic E-state index is -0.712. The molecule has 2 aromatic rings. The summed E-state index contributed by atoms with van der Waals surface area (Å²) in [5.74, 6) is -0.0852. The molecule has 0 saturated carbocycles. The van der Waals surface area contributed by atoms with E-state index < -0.39 is 6.10 Å². The van der Waals surface area contributed by atoms with Crippen LogP contribution < -0.4 is 0 Å². The number of fused-ring (bicyclic) bond motifs is 2. The van der Waals surface area contributed by atoms with Gasteiger partial charge >= 0.3 is 0 Å². The van der Waals surface area contributed by atoms with Crippen LogP contribution >= 0.6 is 0 Å². The molecule has 3 heteroatoms. The van der Waals surface area contributed by atoms with Crippen LogP contribution in [0, 0.1) is 5.92 Å². The predicted molar refractivity (Wildman–Crippen MR) is 97.9 cm³/mol. The van der Waals surface area contributed by atoms with Gasteiger partial charge in [0.1, 0.15) is 5.78 Å². The van der Waals surface area contributed by atoms with E-state index in [1.54, 1.807) is 0 Å². The van der Waals surface area contributed by atoms with E-state index >= 15 is 0 Å². The molecule has 2 fully saturated rings. The average Bonchev–Trinajstić information content (AvgIpc) is 2.64. The summed E-state index contributed by atoms with van der Waals surface area (Å²) in [4.78, 5) is 15.3. The van der Waals surface area contributed by atoms with Crippen LogP contribution in [-0.2, 0) is 11.3 Å². The van der Waals surface area contributed by atoms with Crippen LogP contribution in [0.4, 0.5) is 0 Å². The molecule has 2 aromatic carbocycles. The number of ketones is 1. The zero-order chi connectivity index (χ0) is 17.2. The predicted octanol–water partition coefficient (Wildman–Crippen LogP) is 3.73. The highest BCUT2D eigenvalue weighted by atomic mass is 16.3. The first-order valence-electron chi connectivity index (χ1n) is 9.29. The minimum absolute atomic E-state index is 0.135. The zero-order valence-corrected chi connectivity index (χ0v) is 14.4. The second kappa shape index (κ2) is 7.11. The second-order valence-corrected chi connectivity index (χ2v) is 7.36. The Morgan fingerprint density at radius 3 is 2.40 bits per heavy atom. The number of aliphatic hydroxyl groups excluding tert-OH is 1. The number of benzene rings is 2. The first-order valence-corrected chi connectivity index (χ1v) is 9.29. The van der Waals surface area contributed by atoms with Crippen molar-refractivity contribution in [1.82, 2.24) is 4.90 Å². The SMILES string of the molecule is O=C1C[C@@H]2CCC[C@H]([C@H]1[C@@H](O)c1ccccc1)N2Cc1ccccc1. The number of piperidine rings is 2. The fourth-order valence-corrected chi connectivity index (χ4v) is 4.64. The molecule has 1 N–H and O–H groups in total. The van der Waals surface area contributed by atoms with Crippen molar-refractivity contribution in [2.75, 3.05) is 0 Å². The molecule has 0 unspecified atom stereocenters. The summed E-state index contributed by atoms with van der Waals surface area (Å²) < 4.78 is 0. The lowest BCUT2D eigenvalue weighted by Gasteiger charge is -2.50. The Balaban J connectivity index is 1.62. The Bertz CT molecular complexity index is 715. The first kappa shape index (κ1) is 16.5. The van der Waals surface area contributed by atoms with E-state index in [9.17, 15) is 9.90 Å². The fourth-order valence-electron chi connectivity index (χ4n) is 4.64. The summed E-state index contributed by atoms with van der Waals surface area (Å²) in [5.41, 5.74) is 2.13. The van der Waals surface area contributed by atoms with Gasteiger partial charge in [0, 0.05) is 25.0 Å². The van der Waals surface area contributed by atoms with Gasteiger partial charge in [-0.3, -0.25) is 9.69 Å². The molecule has 25 heavy (non-hydrogen) atoms. The molecule has 2 bridgehead atoms. The zero-order valence-electron chi connectivity index (χ0n) is 14.4. The van der Waals surface area contributed by atoms with E-state index in [0.29, 0.717) is 12.5 Å². The van der Waals surface area contributed by atoms with E-state index in [1.165, 1.54) is 5.56 Å². The van der Waals surface area contributed by atoms with Crippen molar-refractivity contribution in [3.63, 3.8) is 0 Å². The summed E-state index contributed by atoms with van der Waals surface area (Å²) in [6.07, 6.45) is 3.08. The van der Waals surface area contributed by atoms with Crippen molar-refractivity contribution >= 4 is 5.78 Å². The Hall–Kier alpha value is -1.97. The van der Waals surface area contributed by atoms with Gasteiger partial charge in [-0.15, -0.1) is 0 Å². The highest BCUT2D eigenvalue weighted by Crippen LogP contribution is 2.41. The Morgan fingerprint density at radius 1 is 1.00 bits per heavy atom. The highest BCUT2D eigenvalue weighted by Gasteiger charge is 2.47. The molecule has 2 aliphatic rings. The lowest BCUT2D eigenvalue weighted by atomic mass is 9.73. The number of rotatable bonds is 4. The number of aliphatic hydroxyl groups is 1. The van der Waals surface area contributed by atoms with E-state index in [-0.39, 0.29) is 17.7 Å². The molecule has 0 spiro atoms. The number of hydrogen-bond donors (Lipinski definition) is 1. The summed E-state index contributed by atoms with van der Waals surface area (Å²) in [6.45, 7) is 0.863. The average molecular weight is 335 g/mol. The molecule has 3 nitrogen and oxygen atoms in total. The summed E-state index contributed by atoms with van der Waals surface area (Å²) in [6, 6.07) is 20.6. The summed E-state index contributed by atoms with van der Waals surface area (Å²) in [7, 11) is 0. The lowest BCUT2D eigenvalue weighted by molar-refractivity contribution is -0.142. The Kier molecular flexibility index (Phi) is 4.69. The molecule has 4 rings (SSSR count). The van der Waals surface area contributed by atoms with Crippen molar-refractivity contribution < 1.29 is 9.90 Å².